The molecule has 0 N–H and O–H groups in total. The fourth-order valence-electron chi connectivity index (χ4n) is 10.9. The molecule has 68 heavy (non-hydrogen) atoms. The second-order valence-electron chi connectivity index (χ2n) is 17.7. The van der Waals surface area contributed by atoms with Gasteiger partial charge >= 0.3 is 0 Å². The van der Waals surface area contributed by atoms with E-state index in [1.807, 2.05) is 12.1 Å². The molecule has 318 valence electrons. The monoisotopic (exact) mass is 867 g/mol. The fraction of sp³-hybridized carbons (Fsp3) is 0. The van der Waals surface area contributed by atoms with Gasteiger partial charge in [-0.2, -0.15) is 0 Å². The normalized spacial score (nSPS) is 11.8. The van der Waals surface area contributed by atoms with Crippen molar-refractivity contribution in [1.82, 2.24) is 4.57 Å². The average molecular weight is 868 g/mol. The number of para-hydroxylation sites is 6. The molecule has 0 radical (unpaired) electrons. The molecule has 0 amide bonds. The van der Waals surface area contributed by atoms with Gasteiger partial charge in [-0.25, -0.2) is 0 Å². The van der Waals surface area contributed by atoms with Gasteiger partial charge in [0.25, 0.3) is 0 Å². The number of aromatic nitrogens is 1. The molecule has 14 rings (SSSR count). The highest BCUT2D eigenvalue weighted by atomic mass is 16.3. The summed E-state index contributed by atoms with van der Waals surface area (Å²) < 4.78 is 8.95. The van der Waals surface area contributed by atoms with Crippen molar-refractivity contribution < 1.29 is 4.42 Å². The van der Waals surface area contributed by atoms with Gasteiger partial charge in [-0.05, 0) is 141 Å². The molecule has 0 aliphatic rings. The summed E-state index contributed by atoms with van der Waals surface area (Å²) in [5.74, 6) is 0. The molecule has 0 saturated carbocycles. The van der Waals surface area contributed by atoms with Crippen LogP contribution in [0, 0.1) is 0 Å². The van der Waals surface area contributed by atoms with E-state index in [2.05, 4.69) is 251 Å². The fourth-order valence-corrected chi connectivity index (χ4v) is 10.9. The third-order valence-corrected chi connectivity index (χ3v) is 13.9. The molecular weight excluding hydrogens is 827 g/mol. The van der Waals surface area contributed by atoms with Gasteiger partial charge in [0.15, 0.2) is 5.58 Å². The molecule has 4 heteroatoms. The van der Waals surface area contributed by atoms with Crippen LogP contribution in [0.15, 0.2) is 253 Å². The molecule has 12 aromatic carbocycles. The molecule has 2 heterocycles. The van der Waals surface area contributed by atoms with Crippen LogP contribution >= 0.6 is 0 Å². The number of hydrogen-bond acceptors (Lipinski definition) is 3. The number of benzene rings is 12. The maximum absolute atomic E-state index is 6.57. The van der Waals surface area contributed by atoms with Gasteiger partial charge in [0, 0.05) is 55.7 Å². The predicted octanol–water partition coefficient (Wildman–Crippen LogP) is 18.2. The van der Waals surface area contributed by atoms with Gasteiger partial charge in [-0.1, -0.05) is 152 Å². The summed E-state index contributed by atoms with van der Waals surface area (Å²) in [6, 6.07) is 89.9. The first-order chi connectivity index (χ1) is 33.7. The molecule has 0 unspecified atom stereocenters. The quantitative estimate of drug-likeness (QED) is 0.142. The van der Waals surface area contributed by atoms with Crippen LogP contribution in [0.25, 0.3) is 92.9 Å². The zero-order valence-corrected chi connectivity index (χ0v) is 36.9. The highest BCUT2D eigenvalue weighted by Gasteiger charge is 2.22. The van der Waals surface area contributed by atoms with Gasteiger partial charge in [0.05, 0.1) is 16.7 Å². The van der Waals surface area contributed by atoms with E-state index in [1.165, 1.54) is 65.3 Å². The maximum atomic E-state index is 6.57. The largest absolute Gasteiger partial charge is 0.454 e. The van der Waals surface area contributed by atoms with Crippen LogP contribution in [0.5, 0.6) is 0 Å². The summed E-state index contributed by atoms with van der Waals surface area (Å²) in [5, 5.41) is 12.2. The van der Waals surface area contributed by atoms with Crippen molar-refractivity contribution in [2.75, 3.05) is 9.80 Å². The molecule has 14 aromatic rings. The molecule has 0 saturated heterocycles. The summed E-state index contributed by atoms with van der Waals surface area (Å²) in [5.41, 5.74) is 14.1. The van der Waals surface area contributed by atoms with E-state index in [9.17, 15) is 0 Å². The average Bonchev–Trinajstić information content (AvgIpc) is 3.95. The topological polar surface area (TPSA) is 24.6 Å². The zero-order valence-electron chi connectivity index (χ0n) is 36.9. The summed E-state index contributed by atoms with van der Waals surface area (Å²) in [6.07, 6.45) is 0. The highest BCUT2D eigenvalue weighted by Crippen LogP contribution is 2.46. The highest BCUT2D eigenvalue weighted by molar-refractivity contribution is 6.26. The second kappa shape index (κ2) is 15.2. The van der Waals surface area contributed by atoms with Crippen molar-refractivity contribution in [3.63, 3.8) is 0 Å². The summed E-state index contributed by atoms with van der Waals surface area (Å²) in [7, 11) is 0. The predicted molar refractivity (Wildman–Crippen MR) is 287 cm³/mol. The van der Waals surface area contributed by atoms with Crippen LogP contribution in [0.2, 0.25) is 0 Å². The Hall–Kier alpha value is -9.12. The first-order valence-corrected chi connectivity index (χ1v) is 23.2. The number of furan rings is 1. The Morgan fingerprint density at radius 1 is 0.324 bits per heavy atom. The Labute approximate surface area is 392 Å². The third kappa shape index (κ3) is 5.94. The first-order valence-electron chi connectivity index (χ1n) is 23.2. The molecule has 4 nitrogen and oxygen atoms in total. The molecule has 0 fully saturated rings. The van der Waals surface area contributed by atoms with E-state index in [4.69, 9.17) is 4.42 Å². The van der Waals surface area contributed by atoms with Crippen molar-refractivity contribution in [2.45, 2.75) is 0 Å². The van der Waals surface area contributed by atoms with E-state index in [-0.39, 0.29) is 0 Å². The Morgan fingerprint density at radius 2 is 0.912 bits per heavy atom. The number of hydrogen-bond donors (Lipinski definition) is 0. The van der Waals surface area contributed by atoms with Gasteiger partial charge < -0.3 is 18.8 Å². The lowest BCUT2D eigenvalue weighted by Crippen LogP contribution is -2.10. The Balaban J connectivity index is 0.884. The third-order valence-electron chi connectivity index (χ3n) is 13.9. The van der Waals surface area contributed by atoms with Crippen molar-refractivity contribution >= 4 is 110 Å². The van der Waals surface area contributed by atoms with Crippen LogP contribution in [0.1, 0.15) is 0 Å². The van der Waals surface area contributed by atoms with E-state index in [0.29, 0.717) is 0 Å². The summed E-state index contributed by atoms with van der Waals surface area (Å²) in [4.78, 5) is 4.71. The first kappa shape index (κ1) is 38.2. The number of rotatable bonds is 8. The lowest BCUT2D eigenvalue weighted by molar-refractivity contribution is 0.669. The van der Waals surface area contributed by atoms with Gasteiger partial charge in [0.1, 0.15) is 5.58 Å². The molecule has 0 aliphatic carbocycles. The summed E-state index contributed by atoms with van der Waals surface area (Å²) >= 11 is 0. The van der Waals surface area contributed by atoms with E-state index >= 15 is 0 Å². The Bertz CT molecular complexity index is 4170. The molecule has 0 spiro atoms. The molecular formula is C64H41N3O. The maximum Gasteiger partial charge on any atom is 0.159 e. The van der Waals surface area contributed by atoms with Crippen molar-refractivity contribution in [3.05, 3.63) is 249 Å². The number of fused-ring (bicyclic) bond motifs is 6. The van der Waals surface area contributed by atoms with Crippen LogP contribution in [0.4, 0.5) is 34.1 Å². The Kier molecular flexibility index (Phi) is 8.55. The SMILES string of the molecule is c1ccc(N(c2cc3ccc4ccc(-c5ccc(N(c6ccccc6)c6cccc7c6oc6ccccc67)cc5)c5ccc(c2)c3c45)c2ccc3c(c2)c2ccccc2n3-c2ccccc2)cc1. The smallest absolute Gasteiger partial charge is 0.159 e. The minimum atomic E-state index is 0.872. The molecule has 0 aliphatic heterocycles. The van der Waals surface area contributed by atoms with Crippen LogP contribution < -0.4 is 9.80 Å². The zero-order chi connectivity index (χ0) is 44.7. The molecule has 0 bridgehead atoms. The Morgan fingerprint density at radius 3 is 1.69 bits per heavy atom. The van der Waals surface area contributed by atoms with Crippen LogP contribution in [-0.2, 0) is 0 Å². The van der Waals surface area contributed by atoms with Gasteiger partial charge in [-0.3, -0.25) is 0 Å². The lowest BCUT2D eigenvalue weighted by atomic mass is 9.89. The van der Waals surface area contributed by atoms with Crippen molar-refractivity contribution in [2.24, 2.45) is 0 Å². The number of nitrogens with zero attached hydrogens (tertiary/aromatic N) is 3. The van der Waals surface area contributed by atoms with E-state index in [1.54, 1.807) is 0 Å². The van der Waals surface area contributed by atoms with E-state index in [0.717, 1.165) is 61.8 Å². The number of anilines is 6. The minimum absolute atomic E-state index is 0.872. The second-order valence-corrected chi connectivity index (χ2v) is 17.7. The standard InChI is InChI=1S/C64H41N3O/c1-4-15-46(16-5-1)65(50-35-38-59-57(41-50)53-21-10-12-24-58(53)67(59)48-19-8-3-9-20-48)51-39-44-28-27-43-31-36-52(55-37-32-45(40-51)62(44)63(43)55)42-29-33-49(34-30-42)66(47-17-6-2-7-18-47)60-25-14-23-56-54-22-11-13-26-61(54)68-64(56)60/h1-41H. The minimum Gasteiger partial charge on any atom is -0.454 e. The molecule has 0 atom stereocenters. The van der Waals surface area contributed by atoms with Gasteiger partial charge in [0.2, 0.25) is 0 Å². The molecule has 2 aromatic heterocycles. The lowest BCUT2D eigenvalue weighted by Gasteiger charge is -2.27. The summed E-state index contributed by atoms with van der Waals surface area (Å²) in [6.45, 7) is 0. The van der Waals surface area contributed by atoms with Crippen molar-refractivity contribution in [1.29, 1.82) is 0 Å². The van der Waals surface area contributed by atoms with Crippen LogP contribution in [-0.4, -0.2) is 4.57 Å². The van der Waals surface area contributed by atoms with E-state index < -0.39 is 0 Å². The van der Waals surface area contributed by atoms with Crippen LogP contribution in [0.3, 0.4) is 0 Å². The van der Waals surface area contributed by atoms with Gasteiger partial charge in [-0.15, -0.1) is 0 Å². The van der Waals surface area contributed by atoms with Crippen molar-refractivity contribution in [3.8, 4) is 16.8 Å².